The van der Waals surface area contributed by atoms with Gasteiger partial charge in [-0.2, -0.15) is 0 Å². The van der Waals surface area contributed by atoms with Crippen molar-refractivity contribution >= 4 is 29.1 Å². The average Bonchev–Trinajstić information content (AvgIpc) is 2.28. The maximum atomic E-state index is 11.3. The molecule has 0 spiro atoms. The van der Waals surface area contributed by atoms with Gasteiger partial charge >= 0.3 is 0 Å². The number of thioether (sulfide) groups is 1. The highest BCUT2D eigenvalue weighted by Crippen LogP contribution is 2.33. The molecule has 0 heterocycles. The first kappa shape index (κ1) is 13.4. The molecule has 0 aromatic heterocycles. The summed E-state index contributed by atoms with van der Waals surface area (Å²) in [6.45, 7) is 4.06. The Kier molecular flexibility index (Phi) is 5.16. The third kappa shape index (κ3) is 3.16. The number of alkyl halides is 1. The molecule has 0 saturated heterocycles. The van der Waals surface area contributed by atoms with Gasteiger partial charge in [0.05, 0.1) is 6.61 Å². The number of rotatable bonds is 5. The Morgan fingerprint density at radius 1 is 1.56 bits per heavy atom. The number of hydrogen-bond acceptors (Lipinski definition) is 3. The summed E-state index contributed by atoms with van der Waals surface area (Å²) in [5, 5.41) is -0.571. The molecule has 16 heavy (non-hydrogen) atoms. The molecule has 1 unspecified atom stereocenters. The fraction of sp³-hybridized carbons (Fsp3) is 0.417. The average molecular weight is 259 g/mol. The van der Waals surface area contributed by atoms with Gasteiger partial charge in [-0.1, -0.05) is 6.07 Å². The van der Waals surface area contributed by atoms with Crippen molar-refractivity contribution in [2.24, 2.45) is 0 Å². The Balaban J connectivity index is 3.06. The first-order valence-corrected chi connectivity index (χ1v) is 6.71. The van der Waals surface area contributed by atoms with Crippen LogP contribution in [0.25, 0.3) is 0 Å². The second-order valence-corrected chi connectivity index (χ2v) is 4.59. The van der Waals surface area contributed by atoms with Crippen LogP contribution in [0.1, 0.15) is 24.8 Å². The number of carbonyl (C=O) groups is 1. The van der Waals surface area contributed by atoms with Crippen LogP contribution >= 0.6 is 23.4 Å². The zero-order valence-corrected chi connectivity index (χ0v) is 11.2. The van der Waals surface area contributed by atoms with Gasteiger partial charge in [-0.3, -0.25) is 4.79 Å². The normalized spacial score (nSPS) is 12.2. The van der Waals surface area contributed by atoms with Crippen LogP contribution in [0.5, 0.6) is 5.75 Å². The molecule has 0 aliphatic carbocycles. The fourth-order valence-electron chi connectivity index (χ4n) is 1.38. The lowest BCUT2D eigenvalue weighted by atomic mass is 10.1. The molecule has 0 saturated carbocycles. The van der Waals surface area contributed by atoms with Gasteiger partial charge in [0.15, 0.2) is 5.78 Å². The molecule has 1 atom stereocenters. The zero-order valence-electron chi connectivity index (χ0n) is 9.62. The number of ketones is 1. The third-order valence-electron chi connectivity index (χ3n) is 2.15. The Bertz CT molecular complexity index is 379. The van der Waals surface area contributed by atoms with E-state index in [2.05, 4.69) is 0 Å². The molecule has 1 rings (SSSR count). The van der Waals surface area contributed by atoms with Crippen LogP contribution in [0.2, 0.25) is 0 Å². The van der Waals surface area contributed by atoms with Crippen molar-refractivity contribution < 1.29 is 9.53 Å². The van der Waals surface area contributed by atoms with Gasteiger partial charge in [-0.05, 0) is 37.8 Å². The Hall–Kier alpha value is -0.670. The summed E-state index contributed by atoms with van der Waals surface area (Å²) in [7, 11) is 0. The van der Waals surface area contributed by atoms with Crippen LogP contribution in [0.4, 0.5) is 0 Å². The highest BCUT2D eigenvalue weighted by Gasteiger charge is 2.17. The maximum absolute atomic E-state index is 11.3. The Morgan fingerprint density at radius 3 is 2.75 bits per heavy atom. The molecule has 1 aromatic carbocycles. The van der Waals surface area contributed by atoms with Crippen molar-refractivity contribution in [1.82, 2.24) is 0 Å². The molecule has 0 aliphatic rings. The van der Waals surface area contributed by atoms with Crippen molar-refractivity contribution in [3.63, 3.8) is 0 Å². The SMILES string of the molecule is CCOc1ccc(C(Cl)C(C)=O)c(SC)c1. The molecular weight excluding hydrogens is 244 g/mol. The molecule has 0 fully saturated rings. The highest BCUT2D eigenvalue weighted by atomic mass is 35.5. The van der Waals surface area contributed by atoms with Gasteiger partial charge in [0, 0.05) is 4.90 Å². The summed E-state index contributed by atoms with van der Waals surface area (Å²) in [5.74, 6) is 0.768. The minimum absolute atomic E-state index is 0.0406. The van der Waals surface area contributed by atoms with E-state index >= 15 is 0 Å². The predicted molar refractivity (Wildman–Crippen MR) is 68.7 cm³/mol. The van der Waals surface area contributed by atoms with E-state index < -0.39 is 5.38 Å². The monoisotopic (exact) mass is 258 g/mol. The lowest BCUT2D eigenvalue weighted by molar-refractivity contribution is -0.116. The summed E-state index contributed by atoms with van der Waals surface area (Å²) < 4.78 is 5.40. The van der Waals surface area contributed by atoms with E-state index in [1.54, 1.807) is 11.8 Å². The topological polar surface area (TPSA) is 26.3 Å². The summed E-state index contributed by atoms with van der Waals surface area (Å²) in [5.41, 5.74) is 0.852. The van der Waals surface area contributed by atoms with Gasteiger partial charge in [0.2, 0.25) is 0 Å². The van der Waals surface area contributed by atoms with Crippen molar-refractivity contribution in [1.29, 1.82) is 0 Å². The number of ether oxygens (including phenoxy) is 1. The summed E-state index contributed by atoms with van der Waals surface area (Å²) in [4.78, 5) is 12.2. The summed E-state index contributed by atoms with van der Waals surface area (Å²) in [6, 6.07) is 5.62. The van der Waals surface area contributed by atoms with E-state index in [0.717, 1.165) is 16.2 Å². The molecule has 0 amide bonds. The van der Waals surface area contributed by atoms with E-state index in [1.807, 2.05) is 31.4 Å². The van der Waals surface area contributed by atoms with Crippen LogP contribution in [0.3, 0.4) is 0 Å². The van der Waals surface area contributed by atoms with Gasteiger partial charge in [-0.25, -0.2) is 0 Å². The quantitative estimate of drug-likeness (QED) is 0.595. The minimum atomic E-state index is -0.571. The van der Waals surface area contributed by atoms with Crippen LogP contribution in [0, 0.1) is 0 Å². The van der Waals surface area contributed by atoms with E-state index in [1.165, 1.54) is 6.92 Å². The molecule has 0 bridgehead atoms. The first-order valence-electron chi connectivity index (χ1n) is 5.05. The molecule has 2 nitrogen and oxygen atoms in total. The third-order valence-corrected chi connectivity index (χ3v) is 3.48. The van der Waals surface area contributed by atoms with Crippen LogP contribution < -0.4 is 4.74 Å². The Labute approximate surface area is 105 Å². The number of hydrogen-bond donors (Lipinski definition) is 0. The summed E-state index contributed by atoms with van der Waals surface area (Å²) >= 11 is 7.62. The van der Waals surface area contributed by atoms with Crippen molar-refractivity contribution in [3.8, 4) is 5.75 Å². The lowest BCUT2D eigenvalue weighted by Crippen LogP contribution is -2.03. The second kappa shape index (κ2) is 6.16. The number of benzene rings is 1. The number of halogens is 1. The highest BCUT2D eigenvalue weighted by molar-refractivity contribution is 7.98. The minimum Gasteiger partial charge on any atom is -0.494 e. The predicted octanol–water partition coefficient (Wildman–Crippen LogP) is 3.68. The van der Waals surface area contributed by atoms with E-state index in [0.29, 0.717) is 6.61 Å². The summed E-state index contributed by atoms with van der Waals surface area (Å²) in [6.07, 6.45) is 1.96. The van der Waals surface area contributed by atoms with Gasteiger partial charge in [0.1, 0.15) is 11.1 Å². The molecule has 0 radical (unpaired) electrons. The molecular formula is C12H15ClO2S. The number of Topliss-reactive ketones (excluding diaryl/α,β-unsaturated/α-hetero) is 1. The smallest absolute Gasteiger partial charge is 0.152 e. The van der Waals surface area contributed by atoms with Crippen molar-refractivity contribution in [2.45, 2.75) is 24.1 Å². The van der Waals surface area contributed by atoms with Gasteiger partial charge < -0.3 is 4.74 Å². The molecule has 1 aromatic rings. The molecule has 4 heteroatoms. The van der Waals surface area contributed by atoms with E-state index in [9.17, 15) is 4.79 Å². The largest absolute Gasteiger partial charge is 0.494 e. The van der Waals surface area contributed by atoms with Crippen LogP contribution in [-0.2, 0) is 4.79 Å². The van der Waals surface area contributed by atoms with Crippen LogP contribution in [-0.4, -0.2) is 18.6 Å². The second-order valence-electron chi connectivity index (χ2n) is 3.31. The number of carbonyl (C=O) groups excluding carboxylic acids is 1. The maximum Gasteiger partial charge on any atom is 0.152 e. The van der Waals surface area contributed by atoms with Crippen LogP contribution in [0.15, 0.2) is 23.1 Å². The zero-order chi connectivity index (χ0) is 12.1. The van der Waals surface area contributed by atoms with Crippen molar-refractivity contribution in [3.05, 3.63) is 23.8 Å². The van der Waals surface area contributed by atoms with E-state index in [4.69, 9.17) is 16.3 Å². The molecule has 0 aliphatic heterocycles. The lowest BCUT2D eigenvalue weighted by Gasteiger charge is -2.12. The van der Waals surface area contributed by atoms with Gasteiger partial charge in [0.25, 0.3) is 0 Å². The first-order chi connectivity index (χ1) is 7.60. The fourth-order valence-corrected chi connectivity index (χ4v) is 2.29. The standard InChI is InChI=1S/C12H15ClO2S/c1-4-15-9-5-6-10(11(7-9)16-3)12(13)8(2)14/h5-7,12H,4H2,1-3H3. The van der Waals surface area contributed by atoms with Gasteiger partial charge in [-0.15, -0.1) is 23.4 Å². The van der Waals surface area contributed by atoms with E-state index in [-0.39, 0.29) is 5.78 Å². The Morgan fingerprint density at radius 2 is 2.25 bits per heavy atom. The van der Waals surface area contributed by atoms with Crippen molar-refractivity contribution in [2.75, 3.05) is 12.9 Å². The molecule has 0 N–H and O–H groups in total. The molecule has 88 valence electrons.